The first-order valence-corrected chi connectivity index (χ1v) is 10.2. The molecule has 0 bridgehead atoms. The van der Waals surface area contributed by atoms with Crippen LogP contribution in [0.1, 0.15) is 41.0 Å². The van der Waals surface area contributed by atoms with Gasteiger partial charge >= 0.3 is 0 Å². The van der Waals surface area contributed by atoms with Crippen LogP contribution < -0.4 is 5.32 Å². The van der Waals surface area contributed by atoms with Crippen molar-refractivity contribution in [3.05, 3.63) is 59.2 Å². The number of hydrogen-bond acceptors (Lipinski definition) is 6. The van der Waals surface area contributed by atoms with Crippen LogP contribution in [0.4, 0.5) is 0 Å². The predicted octanol–water partition coefficient (Wildman–Crippen LogP) is 1.40. The molecule has 1 unspecified atom stereocenters. The zero-order valence-corrected chi connectivity index (χ0v) is 16.4. The van der Waals surface area contributed by atoms with E-state index in [2.05, 4.69) is 21.4 Å². The SMILES string of the molecule is Cc1ncnc2c1ccn2[C@@H]1C[C@H](C(O)c2cccc3c2CNCC3)[C@@H](O)[C@H]1O. The molecule has 2 aliphatic rings. The summed E-state index contributed by atoms with van der Waals surface area (Å²) in [5.74, 6) is -0.455. The third-order valence-corrected chi connectivity index (χ3v) is 6.67. The Morgan fingerprint density at radius 2 is 2.03 bits per heavy atom. The molecule has 1 aliphatic carbocycles. The minimum atomic E-state index is -1.01. The molecule has 0 radical (unpaired) electrons. The Hall–Kier alpha value is -2.32. The van der Waals surface area contributed by atoms with Gasteiger partial charge in [0.25, 0.3) is 0 Å². The Bertz CT molecular complexity index is 1050. The average Bonchev–Trinajstić information content (AvgIpc) is 3.29. The van der Waals surface area contributed by atoms with Crippen molar-refractivity contribution in [3.63, 3.8) is 0 Å². The van der Waals surface area contributed by atoms with E-state index in [1.54, 1.807) is 0 Å². The molecule has 1 aliphatic heterocycles. The number of aryl methyl sites for hydroxylation is 1. The number of rotatable bonds is 3. The van der Waals surface area contributed by atoms with E-state index in [1.807, 2.05) is 35.9 Å². The van der Waals surface area contributed by atoms with E-state index >= 15 is 0 Å². The Kier molecular flexibility index (Phi) is 4.63. The molecular weight excluding hydrogens is 368 g/mol. The van der Waals surface area contributed by atoms with Gasteiger partial charge in [-0.05, 0) is 49.1 Å². The van der Waals surface area contributed by atoms with E-state index < -0.39 is 24.2 Å². The van der Waals surface area contributed by atoms with E-state index in [0.717, 1.165) is 47.4 Å². The second kappa shape index (κ2) is 7.18. The smallest absolute Gasteiger partial charge is 0.143 e. The molecule has 1 aromatic carbocycles. The van der Waals surface area contributed by atoms with Crippen LogP contribution in [0, 0.1) is 12.8 Å². The normalized spacial score (nSPS) is 27.9. The third-order valence-electron chi connectivity index (χ3n) is 6.67. The van der Waals surface area contributed by atoms with Crippen LogP contribution in [-0.4, -0.2) is 48.6 Å². The average molecular weight is 394 g/mol. The summed E-state index contributed by atoms with van der Waals surface area (Å²) in [6.07, 6.45) is 1.98. The van der Waals surface area contributed by atoms with Gasteiger partial charge in [0.15, 0.2) is 0 Å². The largest absolute Gasteiger partial charge is 0.390 e. The summed E-state index contributed by atoms with van der Waals surface area (Å²) < 4.78 is 1.91. The Morgan fingerprint density at radius 3 is 2.90 bits per heavy atom. The van der Waals surface area contributed by atoms with Crippen LogP contribution in [0.3, 0.4) is 0 Å². The zero-order valence-electron chi connectivity index (χ0n) is 16.4. The molecule has 4 N–H and O–H groups in total. The van der Waals surface area contributed by atoms with Crippen molar-refractivity contribution in [1.82, 2.24) is 19.9 Å². The van der Waals surface area contributed by atoms with E-state index in [1.165, 1.54) is 11.9 Å². The van der Waals surface area contributed by atoms with E-state index in [4.69, 9.17) is 0 Å². The first-order chi connectivity index (χ1) is 14.1. The van der Waals surface area contributed by atoms with Crippen LogP contribution in [0.5, 0.6) is 0 Å². The lowest BCUT2D eigenvalue weighted by molar-refractivity contribution is -0.0267. The van der Waals surface area contributed by atoms with E-state index in [9.17, 15) is 15.3 Å². The van der Waals surface area contributed by atoms with Crippen LogP contribution in [-0.2, 0) is 13.0 Å². The van der Waals surface area contributed by atoms with E-state index in [-0.39, 0.29) is 6.04 Å². The van der Waals surface area contributed by atoms with Gasteiger partial charge < -0.3 is 25.2 Å². The number of aliphatic hydroxyl groups excluding tert-OH is 3. The topological polar surface area (TPSA) is 103 Å². The molecule has 5 rings (SSSR count). The fraction of sp³-hybridized carbons (Fsp3) is 0.455. The lowest BCUT2D eigenvalue weighted by Gasteiger charge is -2.27. The molecule has 7 nitrogen and oxygen atoms in total. The summed E-state index contributed by atoms with van der Waals surface area (Å²) in [6.45, 7) is 3.57. The van der Waals surface area contributed by atoms with Gasteiger partial charge in [-0.1, -0.05) is 18.2 Å². The molecule has 1 saturated carbocycles. The van der Waals surface area contributed by atoms with Crippen molar-refractivity contribution in [3.8, 4) is 0 Å². The van der Waals surface area contributed by atoms with Crippen LogP contribution in [0.25, 0.3) is 11.0 Å². The van der Waals surface area contributed by atoms with Gasteiger partial charge in [0.1, 0.15) is 18.1 Å². The fourth-order valence-corrected chi connectivity index (χ4v) is 5.05. The number of nitrogens with one attached hydrogen (secondary N) is 1. The molecule has 0 spiro atoms. The monoisotopic (exact) mass is 394 g/mol. The lowest BCUT2D eigenvalue weighted by Crippen LogP contribution is -2.32. The molecule has 3 aromatic rings. The molecule has 0 saturated heterocycles. The number of fused-ring (bicyclic) bond motifs is 2. The summed E-state index contributed by atoms with van der Waals surface area (Å²) in [6, 6.07) is 7.59. The Labute approximate surface area is 169 Å². The minimum absolute atomic E-state index is 0.353. The summed E-state index contributed by atoms with van der Waals surface area (Å²) in [5, 5.41) is 37.1. The Balaban J connectivity index is 1.48. The van der Waals surface area contributed by atoms with Crippen molar-refractivity contribution in [2.45, 2.75) is 50.7 Å². The highest BCUT2D eigenvalue weighted by Crippen LogP contribution is 2.44. The van der Waals surface area contributed by atoms with Gasteiger partial charge in [-0.3, -0.25) is 0 Å². The van der Waals surface area contributed by atoms with Crippen LogP contribution in [0.15, 0.2) is 36.8 Å². The number of nitrogens with zero attached hydrogens (tertiary/aromatic N) is 3. The molecule has 1 fully saturated rings. The van der Waals surface area contributed by atoms with Crippen molar-refractivity contribution in [2.75, 3.05) is 6.54 Å². The summed E-state index contributed by atoms with van der Waals surface area (Å²) in [4.78, 5) is 8.60. The summed E-state index contributed by atoms with van der Waals surface area (Å²) in [5.41, 5.74) is 4.83. The number of aromatic nitrogens is 3. The molecule has 2 aromatic heterocycles. The number of aliphatic hydroxyl groups is 3. The van der Waals surface area contributed by atoms with Crippen LogP contribution >= 0.6 is 0 Å². The number of benzene rings is 1. The maximum atomic E-state index is 11.2. The Morgan fingerprint density at radius 1 is 1.17 bits per heavy atom. The highest BCUT2D eigenvalue weighted by Gasteiger charge is 2.46. The molecular formula is C22H26N4O3. The van der Waals surface area contributed by atoms with Crippen molar-refractivity contribution in [1.29, 1.82) is 0 Å². The lowest BCUT2D eigenvalue weighted by atomic mass is 9.86. The summed E-state index contributed by atoms with van der Waals surface area (Å²) >= 11 is 0. The van der Waals surface area contributed by atoms with Gasteiger partial charge in [-0.25, -0.2) is 9.97 Å². The zero-order chi connectivity index (χ0) is 20.1. The maximum absolute atomic E-state index is 11.2. The van der Waals surface area contributed by atoms with Gasteiger partial charge in [0, 0.05) is 24.0 Å². The molecule has 152 valence electrons. The maximum Gasteiger partial charge on any atom is 0.143 e. The first-order valence-electron chi connectivity index (χ1n) is 10.2. The molecule has 7 heteroatoms. The van der Waals surface area contributed by atoms with Crippen molar-refractivity contribution in [2.24, 2.45) is 5.92 Å². The van der Waals surface area contributed by atoms with Gasteiger partial charge in [0.2, 0.25) is 0 Å². The van der Waals surface area contributed by atoms with Crippen LogP contribution in [0.2, 0.25) is 0 Å². The van der Waals surface area contributed by atoms with Gasteiger partial charge in [-0.2, -0.15) is 0 Å². The second-order valence-corrected chi connectivity index (χ2v) is 8.22. The van der Waals surface area contributed by atoms with Gasteiger partial charge in [-0.15, -0.1) is 0 Å². The molecule has 0 amide bonds. The third kappa shape index (κ3) is 2.97. The summed E-state index contributed by atoms with van der Waals surface area (Å²) in [7, 11) is 0. The fourth-order valence-electron chi connectivity index (χ4n) is 5.05. The highest BCUT2D eigenvalue weighted by atomic mass is 16.3. The second-order valence-electron chi connectivity index (χ2n) is 8.22. The molecule has 3 heterocycles. The van der Waals surface area contributed by atoms with Crippen molar-refractivity contribution < 1.29 is 15.3 Å². The standard InChI is InChI=1S/C22H26N4O3/c1-12-14-6-8-26(22(14)25-11-24-12)18-9-16(20(28)21(18)29)19(27)15-4-2-3-13-5-7-23-10-17(13)15/h2-4,6,8,11,16,18-21,23,27-29H,5,7,9-10H2,1H3/t16-,18-,19?,20-,21+/m1/s1. The minimum Gasteiger partial charge on any atom is -0.390 e. The number of hydrogen-bond donors (Lipinski definition) is 4. The first kappa shape index (κ1) is 18.7. The molecule has 5 atom stereocenters. The van der Waals surface area contributed by atoms with E-state index in [0.29, 0.717) is 6.42 Å². The quantitative estimate of drug-likeness (QED) is 0.536. The highest BCUT2D eigenvalue weighted by molar-refractivity contribution is 5.78. The van der Waals surface area contributed by atoms with Gasteiger partial charge in [0.05, 0.1) is 23.9 Å². The van der Waals surface area contributed by atoms with Crippen molar-refractivity contribution >= 4 is 11.0 Å². The molecule has 29 heavy (non-hydrogen) atoms. The predicted molar refractivity (Wildman–Crippen MR) is 108 cm³/mol.